The number of hydrogen-bond donors (Lipinski definition) is 0. The smallest absolute Gasteiger partial charge is 0.326 e. The van der Waals surface area contributed by atoms with E-state index >= 15 is 0 Å². The molecule has 12 aromatic carbocycles. The minimum atomic E-state index is -1.55. The number of rotatable bonds is 14. The number of fused-ring (bicyclic) bond motifs is 4. The van der Waals surface area contributed by atoms with Gasteiger partial charge in [-0.05, 0) is 116 Å². The van der Waals surface area contributed by atoms with Gasteiger partial charge in [0.05, 0.1) is 24.8 Å². The Hall–Kier alpha value is -8.66. The zero-order chi connectivity index (χ0) is 50.1. The van der Waals surface area contributed by atoms with Crippen molar-refractivity contribution in [3.8, 4) is 56.8 Å². The molecule has 0 aliphatic carbocycles. The van der Waals surface area contributed by atoms with E-state index in [2.05, 4.69) is 133 Å². The lowest BCUT2D eigenvalue weighted by atomic mass is 9.93. The second kappa shape index (κ2) is 22.4. The Labute approximate surface area is 433 Å². The molecule has 360 valence electrons. The van der Waals surface area contributed by atoms with E-state index in [0.29, 0.717) is 0 Å². The first-order chi connectivity index (χ1) is 36.6. The van der Waals surface area contributed by atoms with E-state index in [4.69, 9.17) is 27.6 Å². The highest BCUT2D eigenvalue weighted by Gasteiger charge is 2.29. The van der Waals surface area contributed by atoms with Gasteiger partial charge in [0.1, 0.15) is 34.5 Å². The molecule has 0 atom stereocenters. The maximum Gasteiger partial charge on any atom is 0.326 e. The van der Waals surface area contributed by atoms with E-state index < -0.39 is 16.8 Å². The molecule has 0 radical (unpaired) electrons. The van der Waals surface area contributed by atoms with Gasteiger partial charge in [-0.25, -0.2) is 0 Å². The maximum absolute atomic E-state index is 6.60. The van der Waals surface area contributed by atoms with Crippen molar-refractivity contribution in [1.82, 2.24) is 0 Å². The second-order valence-corrected chi connectivity index (χ2v) is 19.9. The molecule has 0 heterocycles. The summed E-state index contributed by atoms with van der Waals surface area (Å²) < 4.78 is 38.3. The van der Waals surface area contributed by atoms with Crippen LogP contribution in [-0.2, 0) is 0 Å². The summed E-state index contributed by atoms with van der Waals surface area (Å²) in [5.41, 5.74) is 4.19. The third-order valence-electron chi connectivity index (χ3n) is 12.7. The zero-order valence-electron chi connectivity index (χ0n) is 40.7. The van der Waals surface area contributed by atoms with Crippen molar-refractivity contribution in [2.75, 3.05) is 14.2 Å². The number of para-hydroxylation sites is 4. The van der Waals surface area contributed by atoms with Crippen LogP contribution in [0, 0.1) is 0 Å². The fourth-order valence-corrected chi connectivity index (χ4v) is 12.2. The molecule has 0 aromatic heterocycles. The van der Waals surface area contributed by atoms with Crippen LogP contribution in [-0.4, -0.2) is 14.2 Å². The van der Waals surface area contributed by atoms with Gasteiger partial charge in [-0.2, -0.15) is 0 Å². The van der Waals surface area contributed by atoms with Crippen LogP contribution >= 0.6 is 16.8 Å². The van der Waals surface area contributed by atoms with Crippen LogP contribution in [0.1, 0.15) is 0 Å². The summed E-state index contributed by atoms with van der Waals surface area (Å²) >= 11 is 0. The average Bonchev–Trinajstić information content (AvgIpc) is 3.47. The van der Waals surface area contributed by atoms with E-state index in [0.717, 1.165) is 110 Å². The third kappa shape index (κ3) is 10.2. The minimum absolute atomic E-state index is 0.758. The molecule has 0 spiro atoms. The van der Waals surface area contributed by atoms with Crippen LogP contribution in [0.4, 0.5) is 0 Å². The predicted molar refractivity (Wildman–Crippen MR) is 308 cm³/mol. The van der Waals surface area contributed by atoms with E-state index in [1.165, 1.54) is 0 Å². The number of methoxy groups -OCH3 is 2. The molecule has 12 aromatic rings. The van der Waals surface area contributed by atoms with Crippen molar-refractivity contribution in [1.29, 1.82) is 0 Å². The molecule has 0 N–H and O–H groups in total. The Morgan fingerprint density at radius 2 is 0.473 bits per heavy atom. The lowest BCUT2D eigenvalue weighted by Gasteiger charge is -2.24. The van der Waals surface area contributed by atoms with Gasteiger partial charge in [0.25, 0.3) is 0 Å². The Morgan fingerprint density at radius 3 is 0.757 bits per heavy atom. The van der Waals surface area contributed by atoms with E-state index in [1.807, 2.05) is 133 Å². The molecule has 0 aliphatic rings. The van der Waals surface area contributed by atoms with Gasteiger partial charge in [0.15, 0.2) is 0 Å². The average molecular weight is 1000 g/mol. The van der Waals surface area contributed by atoms with Crippen LogP contribution in [0.2, 0.25) is 0 Å². The highest BCUT2D eigenvalue weighted by atomic mass is 31.2. The fourth-order valence-electron chi connectivity index (χ4n) is 9.25. The molecular formula is C66H50O6P2. The highest BCUT2D eigenvalue weighted by Crippen LogP contribution is 2.49. The molecule has 0 saturated heterocycles. The normalized spacial score (nSPS) is 11.1. The van der Waals surface area contributed by atoms with Crippen molar-refractivity contribution < 1.29 is 27.6 Å². The van der Waals surface area contributed by atoms with Crippen LogP contribution in [0.5, 0.6) is 34.5 Å². The Bertz CT molecular complexity index is 3500. The molecule has 0 fully saturated rings. The van der Waals surface area contributed by atoms with Crippen LogP contribution in [0.15, 0.2) is 267 Å². The molecule has 6 nitrogen and oxygen atoms in total. The first kappa shape index (κ1) is 47.7. The zero-order valence-corrected chi connectivity index (χ0v) is 42.5. The SMILES string of the molecule is COc1ccc2ccccc2c1-c1c(P(Oc2ccccc2)Oc2ccccc2)ccc2ccccc12.COc1ccc2ccccc2c1-c1c(P(Oc2ccccc2)Oc2ccccc2)ccc2ccccc12. The van der Waals surface area contributed by atoms with Gasteiger partial charge in [-0.3, -0.25) is 0 Å². The van der Waals surface area contributed by atoms with Gasteiger partial charge in [-0.15, -0.1) is 0 Å². The molecule has 0 unspecified atom stereocenters. The molecular weight excluding hydrogens is 951 g/mol. The van der Waals surface area contributed by atoms with E-state index in [-0.39, 0.29) is 0 Å². The summed E-state index contributed by atoms with van der Waals surface area (Å²) in [6.07, 6.45) is 0. The Morgan fingerprint density at radius 1 is 0.230 bits per heavy atom. The first-order valence-electron chi connectivity index (χ1n) is 24.3. The van der Waals surface area contributed by atoms with Crippen molar-refractivity contribution >= 4 is 70.4 Å². The molecule has 74 heavy (non-hydrogen) atoms. The van der Waals surface area contributed by atoms with E-state index in [1.54, 1.807) is 14.2 Å². The molecule has 0 amide bonds. The molecule has 8 heteroatoms. The summed E-state index contributed by atoms with van der Waals surface area (Å²) in [6, 6.07) is 89.9. The molecule has 0 aliphatic heterocycles. The summed E-state index contributed by atoms with van der Waals surface area (Å²) in [5, 5.41) is 11.0. The largest absolute Gasteiger partial charge is 0.496 e. The summed E-state index contributed by atoms with van der Waals surface area (Å²) in [6.45, 7) is 0. The molecule has 0 saturated carbocycles. The van der Waals surface area contributed by atoms with Crippen LogP contribution in [0.25, 0.3) is 65.3 Å². The van der Waals surface area contributed by atoms with Crippen LogP contribution < -0.4 is 38.2 Å². The minimum Gasteiger partial charge on any atom is -0.496 e. The fraction of sp³-hybridized carbons (Fsp3) is 0.0303. The number of hydrogen-bond acceptors (Lipinski definition) is 6. The monoisotopic (exact) mass is 1000 g/mol. The third-order valence-corrected chi connectivity index (χ3v) is 15.7. The van der Waals surface area contributed by atoms with Crippen molar-refractivity contribution in [3.63, 3.8) is 0 Å². The van der Waals surface area contributed by atoms with Gasteiger partial charge in [-0.1, -0.05) is 194 Å². The first-order valence-corrected chi connectivity index (χ1v) is 26.7. The van der Waals surface area contributed by atoms with Gasteiger partial charge < -0.3 is 27.6 Å². The molecule has 12 rings (SSSR count). The Kier molecular flexibility index (Phi) is 14.4. The summed E-state index contributed by atoms with van der Waals surface area (Å²) in [4.78, 5) is 0. The van der Waals surface area contributed by atoms with Crippen LogP contribution in [0.3, 0.4) is 0 Å². The Balaban J connectivity index is 0.000000159. The van der Waals surface area contributed by atoms with E-state index in [9.17, 15) is 0 Å². The lowest BCUT2D eigenvalue weighted by Crippen LogP contribution is -2.14. The van der Waals surface area contributed by atoms with Crippen molar-refractivity contribution in [2.45, 2.75) is 0 Å². The molecule has 0 bridgehead atoms. The number of benzene rings is 12. The summed E-state index contributed by atoms with van der Waals surface area (Å²) in [7, 11) is 0.340. The van der Waals surface area contributed by atoms with Gasteiger partial charge >= 0.3 is 16.8 Å². The topological polar surface area (TPSA) is 55.4 Å². The van der Waals surface area contributed by atoms with Gasteiger partial charge in [0, 0.05) is 22.3 Å². The quantitative estimate of drug-likeness (QED) is 0.101. The maximum atomic E-state index is 6.60. The van der Waals surface area contributed by atoms with Gasteiger partial charge in [0.2, 0.25) is 0 Å². The second-order valence-electron chi connectivity index (χ2n) is 17.2. The van der Waals surface area contributed by atoms with Crippen molar-refractivity contribution in [3.05, 3.63) is 267 Å². The summed E-state index contributed by atoms with van der Waals surface area (Å²) in [5.74, 6) is 4.65. The highest BCUT2D eigenvalue weighted by molar-refractivity contribution is 7.57. The standard InChI is InChI=1S/2C33H25O3P/c2*1-34-30-22-20-24-12-8-10-18-28(24)32(30)33-29-19-11-9-13-25(29)21-23-31(33)37(35-26-14-4-2-5-15-26)36-27-16-6-3-7-17-27/h2*2-23H,1H3. The predicted octanol–water partition coefficient (Wildman–Crippen LogP) is 17.5. The number of ether oxygens (including phenoxy) is 2. The van der Waals surface area contributed by atoms with Crippen molar-refractivity contribution in [2.24, 2.45) is 0 Å². The lowest BCUT2D eigenvalue weighted by molar-refractivity contribution is 0.417.